The number of benzene rings is 1. The molecule has 1 aromatic rings. The topological polar surface area (TPSA) is 25.8 Å². The molecule has 1 saturated heterocycles. The molecule has 0 spiro atoms. The number of hydrogen-bond acceptors (Lipinski definition) is 1. The van der Waals surface area contributed by atoms with Gasteiger partial charge in [0.1, 0.15) is 12.6 Å². The highest BCUT2D eigenvalue weighted by Gasteiger charge is 2.18. The second-order valence-electron chi connectivity index (χ2n) is 5.11. The monoisotopic (exact) mass is 234 g/mol. The van der Waals surface area contributed by atoms with Gasteiger partial charge in [-0.3, -0.25) is 0 Å². The van der Waals surface area contributed by atoms with Crippen LogP contribution in [0.25, 0.3) is 0 Å². The number of quaternary nitrogens is 1. The molecule has 2 rings (SSSR count). The molecule has 1 heterocycles. The van der Waals surface area contributed by atoms with Gasteiger partial charge in [-0.25, -0.2) is 0 Å². The minimum atomic E-state index is 0.508. The van der Waals surface area contributed by atoms with Crippen molar-refractivity contribution in [3.63, 3.8) is 0 Å². The second-order valence-corrected chi connectivity index (χ2v) is 5.11. The summed E-state index contributed by atoms with van der Waals surface area (Å²) in [5.41, 5.74) is 1.45. The highest BCUT2D eigenvalue weighted by atomic mass is 16.5. The molecule has 0 radical (unpaired) electrons. The van der Waals surface area contributed by atoms with E-state index in [4.69, 9.17) is 4.74 Å². The molecule has 0 saturated carbocycles. The average molecular weight is 234 g/mol. The first-order chi connectivity index (χ1) is 8.34. The van der Waals surface area contributed by atoms with E-state index in [9.17, 15) is 0 Å². The molecule has 0 aliphatic carbocycles. The zero-order chi connectivity index (χ0) is 11.9. The van der Waals surface area contributed by atoms with Crippen molar-refractivity contribution in [3.8, 4) is 0 Å². The lowest BCUT2D eigenvalue weighted by atomic mass is 10.1. The molecule has 94 valence electrons. The molecule has 0 amide bonds. The third-order valence-corrected chi connectivity index (χ3v) is 3.56. The molecule has 0 bridgehead atoms. The van der Waals surface area contributed by atoms with Gasteiger partial charge in [-0.05, 0) is 31.7 Å². The fraction of sp³-hybridized carbons (Fsp3) is 0.600. The van der Waals surface area contributed by atoms with Gasteiger partial charge < -0.3 is 10.1 Å². The predicted octanol–water partition coefficient (Wildman–Crippen LogP) is 1.75. The molecular formula is C15H24NO+. The Bertz CT molecular complexity index is 306. The van der Waals surface area contributed by atoms with Crippen LogP contribution in [0.15, 0.2) is 30.3 Å². The van der Waals surface area contributed by atoms with Gasteiger partial charge in [0.25, 0.3) is 0 Å². The van der Waals surface area contributed by atoms with Crippen molar-refractivity contribution < 1.29 is 10.1 Å². The first kappa shape index (κ1) is 12.6. The molecule has 2 atom stereocenters. The van der Waals surface area contributed by atoms with Crippen molar-refractivity contribution in [1.29, 1.82) is 0 Å². The average Bonchev–Trinajstić information content (AvgIpc) is 2.88. The minimum Gasteiger partial charge on any atom is -0.372 e. The summed E-state index contributed by atoms with van der Waals surface area (Å²) in [7, 11) is 0. The number of rotatable bonds is 6. The second kappa shape index (κ2) is 6.77. The zero-order valence-electron chi connectivity index (χ0n) is 10.8. The Balaban J connectivity index is 1.62. The summed E-state index contributed by atoms with van der Waals surface area (Å²) in [6, 6.07) is 11.4. The van der Waals surface area contributed by atoms with Crippen molar-refractivity contribution in [2.24, 2.45) is 0 Å². The summed E-state index contributed by atoms with van der Waals surface area (Å²) in [6.07, 6.45) is 5.44. The largest absolute Gasteiger partial charge is 0.372 e. The normalized spacial score (nSPS) is 21.6. The van der Waals surface area contributed by atoms with Gasteiger partial charge in [0, 0.05) is 13.0 Å². The van der Waals surface area contributed by atoms with Crippen molar-refractivity contribution in [2.45, 2.75) is 44.8 Å². The Morgan fingerprint density at radius 2 is 2.18 bits per heavy atom. The van der Waals surface area contributed by atoms with Gasteiger partial charge in [0.2, 0.25) is 0 Å². The van der Waals surface area contributed by atoms with E-state index in [1.54, 1.807) is 0 Å². The van der Waals surface area contributed by atoms with E-state index < -0.39 is 0 Å². The van der Waals surface area contributed by atoms with Gasteiger partial charge in [-0.15, -0.1) is 0 Å². The van der Waals surface area contributed by atoms with Crippen LogP contribution in [-0.4, -0.2) is 25.3 Å². The van der Waals surface area contributed by atoms with Gasteiger partial charge in [0.05, 0.1) is 6.04 Å². The molecule has 17 heavy (non-hydrogen) atoms. The minimum absolute atomic E-state index is 0.508. The molecule has 2 heteroatoms. The van der Waals surface area contributed by atoms with E-state index in [2.05, 4.69) is 42.6 Å². The fourth-order valence-electron chi connectivity index (χ4n) is 2.37. The Hall–Kier alpha value is -0.860. The first-order valence-corrected chi connectivity index (χ1v) is 6.83. The van der Waals surface area contributed by atoms with Crippen LogP contribution in [0.2, 0.25) is 0 Å². The maximum absolute atomic E-state index is 5.63. The molecule has 0 unspecified atom stereocenters. The smallest absolute Gasteiger partial charge is 0.106 e. The Kier molecular flexibility index (Phi) is 5.02. The van der Waals surface area contributed by atoms with E-state index in [0.717, 1.165) is 13.2 Å². The van der Waals surface area contributed by atoms with Crippen LogP contribution < -0.4 is 5.32 Å². The fourth-order valence-corrected chi connectivity index (χ4v) is 2.37. The summed E-state index contributed by atoms with van der Waals surface area (Å²) in [4.78, 5) is 0. The van der Waals surface area contributed by atoms with E-state index in [1.807, 2.05) is 0 Å². The number of aryl methyl sites for hydroxylation is 1. The lowest BCUT2D eigenvalue weighted by molar-refractivity contribution is -0.691. The summed E-state index contributed by atoms with van der Waals surface area (Å²) in [5, 5.41) is 2.44. The van der Waals surface area contributed by atoms with E-state index >= 15 is 0 Å². The third-order valence-electron chi connectivity index (χ3n) is 3.56. The van der Waals surface area contributed by atoms with Crippen molar-refractivity contribution in [1.82, 2.24) is 0 Å². The number of nitrogens with two attached hydrogens (primary N) is 1. The Morgan fingerprint density at radius 1 is 1.35 bits per heavy atom. The standard InChI is InChI=1S/C15H23NO/c1-13(16-12-15-8-5-11-17-15)9-10-14-6-3-2-4-7-14/h2-4,6-7,13,15-16H,5,8-12H2,1H3/p+1/t13-,15+/m0/s1. The summed E-state index contributed by atoms with van der Waals surface area (Å²) < 4.78 is 5.63. The van der Waals surface area contributed by atoms with Crippen molar-refractivity contribution in [3.05, 3.63) is 35.9 Å². The number of ether oxygens (including phenoxy) is 1. The predicted molar refractivity (Wildman–Crippen MR) is 70.0 cm³/mol. The Morgan fingerprint density at radius 3 is 2.88 bits per heavy atom. The van der Waals surface area contributed by atoms with Crippen LogP contribution in [0.5, 0.6) is 0 Å². The zero-order valence-corrected chi connectivity index (χ0v) is 10.8. The van der Waals surface area contributed by atoms with Crippen LogP contribution in [0, 0.1) is 0 Å². The molecule has 1 aliphatic rings. The van der Waals surface area contributed by atoms with Crippen molar-refractivity contribution >= 4 is 0 Å². The van der Waals surface area contributed by atoms with Crippen LogP contribution in [0.4, 0.5) is 0 Å². The highest BCUT2D eigenvalue weighted by Crippen LogP contribution is 2.09. The SMILES string of the molecule is C[C@@H](CCc1ccccc1)[NH2+]C[C@H]1CCCO1. The molecule has 1 fully saturated rings. The van der Waals surface area contributed by atoms with E-state index in [1.165, 1.54) is 31.2 Å². The molecule has 1 aliphatic heterocycles. The lowest BCUT2D eigenvalue weighted by Gasteiger charge is -2.13. The molecular weight excluding hydrogens is 210 g/mol. The van der Waals surface area contributed by atoms with Crippen LogP contribution in [0.1, 0.15) is 31.7 Å². The van der Waals surface area contributed by atoms with E-state index in [0.29, 0.717) is 12.1 Å². The van der Waals surface area contributed by atoms with Gasteiger partial charge >= 0.3 is 0 Å². The molecule has 2 nitrogen and oxygen atoms in total. The molecule has 1 aromatic carbocycles. The first-order valence-electron chi connectivity index (χ1n) is 6.83. The quantitative estimate of drug-likeness (QED) is 0.797. The summed E-state index contributed by atoms with van der Waals surface area (Å²) >= 11 is 0. The van der Waals surface area contributed by atoms with E-state index in [-0.39, 0.29) is 0 Å². The van der Waals surface area contributed by atoms with Crippen molar-refractivity contribution in [2.75, 3.05) is 13.2 Å². The van der Waals surface area contributed by atoms with Crippen LogP contribution >= 0.6 is 0 Å². The number of hydrogen-bond donors (Lipinski definition) is 1. The Labute approximate surface area is 104 Å². The van der Waals surface area contributed by atoms with Gasteiger partial charge in [0.15, 0.2) is 0 Å². The van der Waals surface area contributed by atoms with Gasteiger partial charge in [-0.2, -0.15) is 0 Å². The lowest BCUT2D eigenvalue weighted by Crippen LogP contribution is -2.91. The summed E-state index contributed by atoms with van der Waals surface area (Å²) in [5.74, 6) is 0. The molecule has 0 aromatic heterocycles. The third kappa shape index (κ3) is 4.49. The summed E-state index contributed by atoms with van der Waals surface area (Å²) in [6.45, 7) is 4.42. The van der Waals surface area contributed by atoms with Crippen LogP contribution in [-0.2, 0) is 11.2 Å². The maximum Gasteiger partial charge on any atom is 0.106 e. The molecule has 2 N–H and O–H groups in total. The van der Waals surface area contributed by atoms with Gasteiger partial charge in [-0.1, -0.05) is 30.3 Å². The van der Waals surface area contributed by atoms with Crippen LogP contribution in [0.3, 0.4) is 0 Å². The maximum atomic E-state index is 5.63. The highest BCUT2D eigenvalue weighted by molar-refractivity contribution is 5.14.